The largest absolute Gasteiger partial charge is 0.368 e. The Morgan fingerprint density at radius 1 is 1.30 bits per heavy atom. The first kappa shape index (κ1) is 16.6. The lowest BCUT2D eigenvalue weighted by Gasteiger charge is -2.35. The third-order valence-corrected chi connectivity index (χ3v) is 6.92. The molecule has 1 unspecified atom stereocenters. The minimum atomic E-state index is -3.31. The van der Waals surface area contributed by atoms with Crippen LogP contribution >= 0.6 is 0 Å². The van der Waals surface area contributed by atoms with Crippen molar-refractivity contribution in [1.82, 2.24) is 14.3 Å². The molecule has 0 amide bonds. The molecule has 8 heteroatoms. The fourth-order valence-corrected chi connectivity index (χ4v) is 5.37. The molecule has 1 atom stereocenters. The SMILES string of the molecule is Cc1cc(=O)[nH]c(C2CN(S(=O)(=O)C3CCCCC3)CCO2)n1. The summed E-state index contributed by atoms with van der Waals surface area (Å²) >= 11 is 0. The lowest BCUT2D eigenvalue weighted by atomic mass is 10.0. The van der Waals surface area contributed by atoms with Gasteiger partial charge in [0.2, 0.25) is 10.0 Å². The minimum Gasteiger partial charge on any atom is -0.368 e. The molecule has 0 aromatic carbocycles. The van der Waals surface area contributed by atoms with E-state index in [9.17, 15) is 13.2 Å². The van der Waals surface area contributed by atoms with Crippen molar-refractivity contribution in [3.8, 4) is 0 Å². The molecule has 23 heavy (non-hydrogen) atoms. The highest BCUT2D eigenvalue weighted by atomic mass is 32.2. The van der Waals surface area contributed by atoms with Crippen LogP contribution in [0.25, 0.3) is 0 Å². The van der Waals surface area contributed by atoms with E-state index in [2.05, 4.69) is 9.97 Å². The number of nitrogens with zero attached hydrogens (tertiary/aromatic N) is 2. The fourth-order valence-electron chi connectivity index (χ4n) is 3.35. The van der Waals surface area contributed by atoms with Crippen LogP contribution in [0.2, 0.25) is 0 Å². The summed E-state index contributed by atoms with van der Waals surface area (Å²) in [5.41, 5.74) is 0.350. The lowest BCUT2D eigenvalue weighted by Crippen LogP contribution is -2.47. The van der Waals surface area contributed by atoms with Crippen LogP contribution in [0.15, 0.2) is 10.9 Å². The van der Waals surface area contributed by atoms with Gasteiger partial charge >= 0.3 is 0 Å². The van der Waals surface area contributed by atoms with Crippen molar-refractivity contribution in [2.75, 3.05) is 19.7 Å². The molecule has 3 rings (SSSR count). The lowest BCUT2D eigenvalue weighted by molar-refractivity contribution is -0.00812. The van der Waals surface area contributed by atoms with Crippen LogP contribution < -0.4 is 5.56 Å². The Labute approximate surface area is 136 Å². The van der Waals surface area contributed by atoms with E-state index in [1.54, 1.807) is 6.92 Å². The number of morpholine rings is 1. The highest BCUT2D eigenvalue weighted by Gasteiger charge is 2.37. The summed E-state index contributed by atoms with van der Waals surface area (Å²) in [5.74, 6) is 0.401. The van der Waals surface area contributed by atoms with Gasteiger partial charge in [-0.15, -0.1) is 0 Å². The van der Waals surface area contributed by atoms with Crippen LogP contribution in [0.4, 0.5) is 0 Å². The van der Waals surface area contributed by atoms with Crippen LogP contribution in [0.5, 0.6) is 0 Å². The number of sulfonamides is 1. The monoisotopic (exact) mass is 341 g/mol. The predicted molar refractivity (Wildman–Crippen MR) is 85.7 cm³/mol. The molecule has 1 aromatic heterocycles. The van der Waals surface area contributed by atoms with E-state index in [1.807, 2.05) is 0 Å². The maximum absolute atomic E-state index is 12.8. The maximum atomic E-state index is 12.8. The van der Waals surface area contributed by atoms with E-state index >= 15 is 0 Å². The second-order valence-corrected chi connectivity index (χ2v) is 8.51. The molecule has 0 bridgehead atoms. The number of H-pyrrole nitrogens is 1. The highest BCUT2D eigenvalue weighted by molar-refractivity contribution is 7.89. The maximum Gasteiger partial charge on any atom is 0.251 e. The van der Waals surface area contributed by atoms with Crippen LogP contribution in [-0.2, 0) is 14.8 Å². The van der Waals surface area contributed by atoms with Crippen molar-refractivity contribution >= 4 is 10.0 Å². The van der Waals surface area contributed by atoms with Gasteiger partial charge in [0.15, 0.2) is 0 Å². The van der Waals surface area contributed by atoms with Gasteiger partial charge in [0.05, 0.1) is 11.9 Å². The molecule has 1 saturated heterocycles. The molecule has 2 fully saturated rings. The number of aromatic nitrogens is 2. The van der Waals surface area contributed by atoms with Crippen LogP contribution in [0.1, 0.15) is 49.7 Å². The molecular formula is C15H23N3O4S. The van der Waals surface area contributed by atoms with E-state index in [1.165, 1.54) is 10.4 Å². The summed E-state index contributed by atoms with van der Waals surface area (Å²) in [4.78, 5) is 18.5. The Balaban J connectivity index is 1.78. The van der Waals surface area contributed by atoms with Crippen LogP contribution in [-0.4, -0.2) is 47.6 Å². The van der Waals surface area contributed by atoms with Crippen molar-refractivity contribution in [2.45, 2.75) is 50.4 Å². The van der Waals surface area contributed by atoms with Gasteiger partial charge in [-0.25, -0.2) is 13.4 Å². The Morgan fingerprint density at radius 2 is 2.04 bits per heavy atom. The Hall–Kier alpha value is -1.25. The minimum absolute atomic E-state index is 0.214. The first-order chi connectivity index (χ1) is 11.0. The summed E-state index contributed by atoms with van der Waals surface area (Å²) in [6.07, 6.45) is 4.03. The van der Waals surface area contributed by atoms with Gasteiger partial charge < -0.3 is 9.72 Å². The molecule has 128 valence electrons. The second-order valence-electron chi connectivity index (χ2n) is 6.29. The van der Waals surface area contributed by atoms with Gasteiger partial charge in [-0.2, -0.15) is 4.31 Å². The Morgan fingerprint density at radius 3 is 2.74 bits per heavy atom. The molecule has 2 heterocycles. The van der Waals surface area contributed by atoms with Crippen molar-refractivity contribution in [3.63, 3.8) is 0 Å². The predicted octanol–water partition coefficient (Wildman–Crippen LogP) is 1.11. The molecule has 1 aromatic rings. The van der Waals surface area contributed by atoms with E-state index in [0.29, 0.717) is 24.7 Å². The molecule has 7 nitrogen and oxygen atoms in total. The zero-order chi connectivity index (χ0) is 16.4. The molecule has 1 aliphatic heterocycles. The van der Waals surface area contributed by atoms with E-state index in [4.69, 9.17) is 4.74 Å². The number of aromatic amines is 1. The van der Waals surface area contributed by atoms with Crippen molar-refractivity contribution in [1.29, 1.82) is 0 Å². The van der Waals surface area contributed by atoms with Gasteiger partial charge in [0.25, 0.3) is 5.56 Å². The number of hydrogen-bond acceptors (Lipinski definition) is 5. The zero-order valence-electron chi connectivity index (χ0n) is 13.3. The average molecular weight is 341 g/mol. The first-order valence-corrected chi connectivity index (χ1v) is 9.65. The highest BCUT2D eigenvalue weighted by Crippen LogP contribution is 2.29. The third-order valence-electron chi connectivity index (χ3n) is 4.56. The van der Waals surface area contributed by atoms with Crippen LogP contribution in [0, 0.1) is 6.92 Å². The smallest absolute Gasteiger partial charge is 0.251 e. The van der Waals surface area contributed by atoms with Crippen molar-refractivity contribution in [2.24, 2.45) is 0 Å². The van der Waals surface area contributed by atoms with Crippen molar-refractivity contribution in [3.05, 3.63) is 27.9 Å². The number of hydrogen-bond donors (Lipinski definition) is 1. The van der Waals surface area contributed by atoms with E-state index in [-0.39, 0.29) is 17.4 Å². The molecule has 1 saturated carbocycles. The van der Waals surface area contributed by atoms with Gasteiger partial charge in [-0.1, -0.05) is 19.3 Å². The van der Waals surface area contributed by atoms with Crippen LogP contribution in [0.3, 0.4) is 0 Å². The van der Waals surface area contributed by atoms with E-state index < -0.39 is 16.1 Å². The third kappa shape index (κ3) is 3.64. The summed E-state index contributed by atoms with van der Waals surface area (Å²) in [6, 6.07) is 1.41. The van der Waals surface area contributed by atoms with Gasteiger partial charge in [0.1, 0.15) is 11.9 Å². The topological polar surface area (TPSA) is 92.4 Å². The van der Waals surface area contributed by atoms with Crippen molar-refractivity contribution < 1.29 is 13.2 Å². The fraction of sp³-hybridized carbons (Fsp3) is 0.733. The summed E-state index contributed by atoms with van der Waals surface area (Å²) in [5, 5.41) is -0.278. The summed E-state index contributed by atoms with van der Waals surface area (Å²) in [7, 11) is -3.31. The summed E-state index contributed by atoms with van der Waals surface area (Å²) in [6.45, 7) is 2.63. The van der Waals surface area contributed by atoms with Gasteiger partial charge in [0, 0.05) is 24.8 Å². The molecular weight excluding hydrogens is 318 g/mol. The molecule has 0 spiro atoms. The first-order valence-electron chi connectivity index (χ1n) is 8.15. The average Bonchev–Trinajstić information content (AvgIpc) is 2.55. The molecule has 1 aliphatic carbocycles. The standard InChI is InChI=1S/C15H23N3O4S/c1-11-9-14(19)17-15(16-11)13-10-18(7-8-22-13)23(20,21)12-5-3-2-4-6-12/h9,12-13H,2-8,10H2,1H3,(H,16,17,19). The second kappa shape index (κ2) is 6.70. The zero-order valence-corrected chi connectivity index (χ0v) is 14.1. The molecule has 1 N–H and O–H groups in total. The Kier molecular flexibility index (Phi) is 4.84. The van der Waals surface area contributed by atoms with E-state index in [0.717, 1.165) is 32.1 Å². The quantitative estimate of drug-likeness (QED) is 0.889. The number of rotatable bonds is 3. The number of nitrogens with one attached hydrogen (secondary N) is 1. The summed E-state index contributed by atoms with van der Waals surface area (Å²) < 4.78 is 32.8. The number of aryl methyl sites for hydroxylation is 1. The molecule has 0 radical (unpaired) electrons. The molecule has 2 aliphatic rings. The van der Waals surface area contributed by atoms with Gasteiger partial charge in [-0.3, -0.25) is 4.79 Å². The Bertz CT molecular complexity index is 710. The number of ether oxygens (including phenoxy) is 1. The van der Waals surface area contributed by atoms with Gasteiger partial charge in [-0.05, 0) is 19.8 Å². The normalized spacial score (nSPS) is 24.7.